The van der Waals surface area contributed by atoms with E-state index in [2.05, 4.69) is 5.32 Å². The highest BCUT2D eigenvalue weighted by Crippen LogP contribution is 2.48. The number of ketones is 1. The standard InChI is InChI=1S/C17H15N3O4/c1-17(2)7-12-14(15(17)21)13(11(8-18)16(22)19-12)9-4-3-5-10(6-9)20(23)24/h3-6,11,13H,7H2,1-2H3,(H,19,22). The molecule has 3 rings (SSSR count). The molecule has 2 unspecified atom stereocenters. The number of rotatable bonds is 2. The van der Waals surface area contributed by atoms with Crippen LogP contribution in [-0.4, -0.2) is 16.6 Å². The van der Waals surface area contributed by atoms with Crippen LogP contribution in [0.2, 0.25) is 0 Å². The first-order valence-electron chi connectivity index (χ1n) is 7.49. The van der Waals surface area contributed by atoms with Gasteiger partial charge in [-0.3, -0.25) is 19.7 Å². The largest absolute Gasteiger partial charge is 0.328 e. The second kappa shape index (κ2) is 5.27. The lowest BCUT2D eigenvalue weighted by Gasteiger charge is -2.28. The maximum absolute atomic E-state index is 12.8. The number of hydrogen-bond donors (Lipinski definition) is 1. The second-order valence-electron chi connectivity index (χ2n) is 6.71. The summed E-state index contributed by atoms with van der Waals surface area (Å²) in [6.07, 6.45) is 0.385. The first-order valence-corrected chi connectivity index (χ1v) is 7.49. The van der Waals surface area contributed by atoms with Gasteiger partial charge in [0.2, 0.25) is 5.91 Å². The van der Waals surface area contributed by atoms with Gasteiger partial charge in [0.1, 0.15) is 5.92 Å². The third kappa shape index (κ3) is 2.27. The Labute approximate surface area is 138 Å². The number of carbonyl (C=O) groups excluding carboxylic acids is 2. The molecule has 7 heteroatoms. The molecule has 0 saturated heterocycles. The summed E-state index contributed by atoms with van der Waals surface area (Å²) >= 11 is 0. The van der Waals surface area contributed by atoms with Gasteiger partial charge >= 0.3 is 0 Å². The molecule has 24 heavy (non-hydrogen) atoms. The van der Waals surface area contributed by atoms with E-state index >= 15 is 0 Å². The lowest BCUT2D eigenvalue weighted by Crippen LogP contribution is -2.39. The number of non-ortho nitro benzene ring substituents is 1. The molecule has 1 N–H and O–H groups in total. The summed E-state index contributed by atoms with van der Waals surface area (Å²) in [5.74, 6) is -2.48. The van der Waals surface area contributed by atoms with E-state index < -0.39 is 28.1 Å². The van der Waals surface area contributed by atoms with E-state index in [0.29, 0.717) is 23.3 Å². The van der Waals surface area contributed by atoms with Gasteiger partial charge in [0.05, 0.1) is 11.0 Å². The summed E-state index contributed by atoms with van der Waals surface area (Å²) in [4.78, 5) is 35.5. The molecule has 1 aliphatic heterocycles. The Hall–Kier alpha value is -3.01. The van der Waals surface area contributed by atoms with Crippen molar-refractivity contribution in [1.29, 1.82) is 5.26 Å². The van der Waals surface area contributed by atoms with Gasteiger partial charge < -0.3 is 5.32 Å². The predicted molar refractivity (Wildman–Crippen MR) is 83.5 cm³/mol. The van der Waals surface area contributed by atoms with Gasteiger partial charge in [0, 0.05) is 41.2 Å². The predicted octanol–water partition coefficient (Wildman–Crippen LogP) is 2.20. The van der Waals surface area contributed by atoms with Crippen molar-refractivity contribution in [2.75, 3.05) is 0 Å². The van der Waals surface area contributed by atoms with Gasteiger partial charge in [0.25, 0.3) is 5.69 Å². The Kier molecular flexibility index (Phi) is 3.48. The molecule has 1 heterocycles. The summed E-state index contributed by atoms with van der Waals surface area (Å²) in [7, 11) is 0. The molecule has 122 valence electrons. The van der Waals surface area contributed by atoms with Crippen molar-refractivity contribution in [1.82, 2.24) is 5.32 Å². The molecule has 2 aliphatic rings. The number of hydrogen-bond acceptors (Lipinski definition) is 5. The molecular formula is C17H15N3O4. The van der Waals surface area contributed by atoms with Crippen LogP contribution in [0.4, 0.5) is 5.69 Å². The zero-order valence-corrected chi connectivity index (χ0v) is 13.2. The van der Waals surface area contributed by atoms with Crippen LogP contribution >= 0.6 is 0 Å². The van der Waals surface area contributed by atoms with Gasteiger partial charge in [-0.25, -0.2) is 0 Å². The Morgan fingerprint density at radius 3 is 2.71 bits per heavy atom. The van der Waals surface area contributed by atoms with E-state index in [1.807, 2.05) is 6.07 Å². The fraction of sp³-hybridized carbons (Fsp3) is 0.353. The van der Waals surface area contributed by atoms with E-state index in [-0.39, 0.29) is 11.5 Å². The van der Waals surface area contributed by atoms with Crippen LogP contribution in [0.1, 0.15) is 31.7 Å². The molecular weight excluding hydrogens is 310 g/mol. The Balaban J connectivity index is 2.18. The first kappa shape index (κ1) is 15.9. The van der Waals surface area contributed by atoms with Crippen LogP contribution in [0.25, 0.3) is 0 Å². The average Bonchev–Trinajstić information content (AvgIpc) is 2.75. The van der Waals surface area contributed by atoms with Crippen LogP contribution < -0.4 is 5.32 Å². The number of carbonyl (C=O) groups is 2. The maximum Gasteiger partial charge on any atom is 0.269 e. The van der Waals surface area contributed by atoms with Gasteiger partial charge in [-0.05, 0) is 5.56 Å². The second-order valence-corrected chi connectivity index (χ2v) is 6.71. The van der Waals surface area contributed by atoms with Crippen molar-refractivity contribution in [2.45, 2.75) is 26.2 Å². The van der Waals surface area contributed by atoms with Crippen molar-refractivity contribution in [2.24, 2.45) is 11.3 Å². The average molecular weight is 325 g/mol. The van der Waals surface area contributed by atoms with Crippen molar-refractivity contribution in [3.63, 3.8) is 0 Å². The summed E-state index contributed by atoms with van der Waals surface area (Å²) < 4.78 is 0. The molecule has 0 bridgehead atoms. The molecule has 0 aromatic heterocycles. The number of allylic oxidation sites excluding steroid dienone is 2. The summed E-state index contributed by atoms with van der Waals surface area (Å²) in [6.45, 7) is 3.57. The number of amides is 1. The number of nitrogens with zero attached hydrogens (tertiary/aromatic N) is 2. The van der Waals surface area contributed by atoms with E-state index in [0.717, 1.165) is 0 Å². The highest BCUT2D eigenvalue weighted by molar-refractivity contribution is 6.07. The molecule has 1 amide bonds. The number of nitro groups is 1. The van der Waals surface area contributed by atoms with Crippen LogP contribution in [-0.2, 0) is 9.59 Å². The molecule has 0 radical (unpaired) electrons. The molecule has 7 nitrogen and oxygen atoms in total. The fourth-order valence-electron chi connectivity index (χ4n) is 3.43. The number of nitro benzene ring substituents is 1. The molecule has 0 spiro atoms. The zero-order chi connectivity index (χ0) is 17.6. The van der Waals surface area contributed by atoms with Crippen LogP contribution in [0, 0.1) is 32.8 Å². The minimum absolute atomic E-state index is 0.130. The minimum atomic E-state index is -1.09. The smallest absolute Gasteiger partial charge is 0.269 e. The fourth-order valence-corrected chi connectivity index (χ4v) is 3.43. The summed E-state index contributed by atoms with van der Waals surface area (Å²) in [5.41, 5.74) is 0.553. The number of benzene rings is 1. The van der Waals surface area contributed by atoms with Crippen molar-refractivity contribution >= 4 is 17.4 Å². The quantitative estimate of drug-likeness (QED) is 0.661. The van der Waals surface area contributed by atoms with Crippen molar-refractivity contribution < 1.29 is 14.5 Å². The number of nitrogens with one attached hydrogen (secondary N) is 1. The number of nitriles is 1. The Morgan fingerprint density at radius 2 is 2.08 bits per heavy atom. The van der Waals surface area contributed by atoms with Gasteiger partial charge in [0.15, 0.2) is 5.78 Å². The molecule has 1 aromatic rings. The molecule has 1 aliphatic carbocycles. The monoisotopic (exact) mass is 325 g/mol. The van der Waals surface area contributed by atoms with Crippen LogP contribution in [0.3, 0.4) is 0 Å². The van der Waals surface area contributed by atoms with E-state index in [9.17, 15) is 25.0 Å². The molecule has 1 aromatic carbocycles. The summed E-state index contributed by atoms with van der Waals surface area (Å²) in [6, 6.07) is 7.72. The van der Waals surface area contributed by atoms with Crippen molar-refractivity contribution in [3.8, 4) is 6.07 Å². The van der Waals surface area contributed by atoms with Crippen LogP contribution in [0.5, 0.6) is 0 Å². The molecule has 2 atom stereocenters. The SMILES string of the molecule is CC1(C)CC2=C(C1=O)C(c1cccc([N+](=O)[O-])c1)C(C#N)C(=O)N2. The normalized spacial score (nSPS) is 25.0. The van der Waals surface area contributed by atoms with E-state index in [4.69, 9.17) is 0 Å². The lowest BCUT2D eigenvalue weighted by atomic mass is 9.75. The first-order chi connectivity index (χ1) is 11.3. The highest BCUT2D eigenvalue weighted by Gasteiger charge is 2.50. The third-order valence-electron chi connectivity index (χ3n) is 4.58. The highest BCUT2D eigenvalue weighted by atomic mass is 16.6. The lowest BCUT2D eigenvalue weighted by molar-refractivity contribution is -0.384. The summed E-state index contributed by atoms with van der Waals surface area (Å²) in [5, 5.41) is 23.1. The maximum atomic E-state index is 12.8. The van der Waals surface area contributed by atoms with E-state index in [1.54, 1.807) is 19.9 Å². The minimum Gasteiger partial charge on any atom is -0.328 e. The Bertz CT molecular complexity index is 848. The third-order valence-corrected chi connectivity index (χ3v) is 4.58. The van der Waals surface area contributed by atoms with Gasteiger partial charge in [-0.1, -0.05) is 26.0 Å². The van der Waals surface area contributed by atoms with Crippen LogP contribution in [0.15, 0.2) is 35.5 Å². The Morgan fingerprint density at radius 1 is 1.38 bits per heavy atom. The van der Waals surface area contributed by atoms with Gasteiger partial charge in [-0.15, -0.1) is 0 Å². The molecule has 0 saturated carbocycles. The molecule has 0 fully saturated rings. The topological polar surface area (TPSA) is 113 Å². The number of Topliss-reactive ketones (excluding diaryl/α,β-unsaturated/α-hetero) is 1. The van der Waals surface area contributed by atoms with E-state index in [1.165, 1.54) is 18.2 Å². The van der Waals surface area contributed by atoms with Gasteiger partial charge in [-0.2, -0.15) is 5.26 Å². The van der Waals surface area contributed by atoms with Crippen molar-refractivity contribution in [3.05, 3.63) is 51.2 Å². The zero-order valence-electron chi connectivity index (χ0n) is 13.2.